The van der Waals surface area contributed by atoms with E-state index in [4.69, 9.17) is 4.74 Å². The summed E-state index contributed by atoms with van der Waals surface area (Å²) in [4.78, 5) is 17.0. The van der Waals surface area contributed by atoms with Gasteiger partial charge in [-0.3, -0.25) is 14.5 Å². The highest BCUT2D eigenvalue weighted by molar-refractivity contribution is 7.15. The number of hydrogen-bond acceptors (Lipinski definition) is 4. The molecule has 1 atom stereocenters. The Labute approximate surface area is 96.1 Å². The van der Waals surface area contributed by atoms with Gasteiger partial charge in [0, 0.05) is 18.2 Å². The highest BCUT2D eigenvalue weighted by atomic mass is 32.1. The summed E-state index contributed by atoms with van der Waals surface area (Å²) in [6.45, 7) is 0.674. The normalized spacial score (nSPS) is 20.4. The number of rotatable bonds is 2. The number of thiazole rings is 1. The molecule has 1 fully saturated rings. The number of carbonyl (C=O) groups excluding carboxylic acids is 1. The molecule has 0 spiro atoms. The van der Waals surface area contributed by atoms with Crippen LogP contribution < -0.4 is 5.32 Å². The second-order valence-electron chi connectivity index (χ2n) is 3.68. The average Bonchev–Trinajstić information content (AvgIpc) is 2.94. The fraction of sp³-hybridized carbons (Fsp3) is 0.400. The standard InChI is InChI=1S/C10H11N3O2S/c14-9(7-2-1-4-15-7)12-10-11-6-8-13(10)3-5-16-8/h3,5-7H,1-2,4H2,(H,11,12,14)/t7-/m0/s1. The number of amides is 1. The summed E-state index contributed by atoms with van der Waals surface area (Å²) in [6, 6.07) is 0. The van der Waals surface area contributed by atoms with Crippen LogP contribution in [0.3, 0.4) is 0 Å². The molecule has 0 unspecified atom stereocenters. The maximum Gasteiger partial charge on any atom is 0.255 e. The van der Waals surface area contributed by atoms with Gasteiger partial charge in [0.25, 0.3) is 5.91 Å². The fourth-order valence-electron chi connectivity index (χ4n) is 1.81. The zero-order chi connectivity index (χ0) is 11.0. The zero-order valence-corrected chi connectivity index (χ0v) is 9.37. The summed E-state index contributed by atoms with van der Waals surface area (Å²) in [5.74, 6) is 0.466. The zero-order valence-electron chi connectivity index (χ0n) is 8.55. The van der Waals surface area contributed by atoms with Crippen molar-refractivity contribution in [2.24, 2.45) is 0 Å². The second kappa shape index (κ2) is 3.88. The van der Waals surface area contributed by atoms with Crippen molar-refractivity contribution in [3.8, 4) is 0 Å². The van der Waals surface area contributed by atoms with Crippen LogP contribution in [0.15, 0.2) is 17.8 Å². The van der Waals surface area contributed by atoms with Gasteiger partial charge in [-0.15, -0.1) is 11.3 Å². The van der Waals surface area contributed by atoms with Crippen molar-refractivity contribution in [2.75, 3.05) is 11.9 Å². The predicted molar refractivity (Wildman–Crippen MR) is 60.7 cm³/mol. The molecule has 0 radical (unpaired) electrons. The summed E-state index contributed by atoms with van der Waals surface area (Å²) >= 11 is 1.59. The van der Waals surface area contributed by atoms with Gasteiger partial charge in [-0.2, -0.15) is 0 Å². The molecule has 1 saturated heterocycles. The Hall–Kier alpha value is -1.40. The molecular weight excluding hydrogens is 226 g/mol. The van der Waals surface area contributed by atoms with Crippen molar-refractivity contribution in [1.29, 1.82) is 0 Å². The van der Waals surface area contributed by atoms with Crippen molar-refractivity contribution >= 4 is 28.0 Å². The molecule has 84 valence electrons. The van der Waals surface area contributed by atoms with Crippen molar-refractivity contribution in [3.63, 3.8) is 0 Å². The third kappa shape index (κ3) is 1.60. The van der Waals surface area contributed by atoms with E-state index in [9.17, 15) is 4.79 Å². The quantitative estimate of drug-likeness (QED) is 0.861. The predicted octanol–water partition coefficient (Wildman–Crippen LogP) is 1.51. The summed E-state index contributed by atoms with van der Waals surface area (Å²) in [5.41, 5.74) is 0. The van der Waals surface area contributed by atoms with E-state index in [1.807, 2.05) is 16.0 Å². The summed E-state index contributed by atoms with van der Waals surface area (Å²) in [7, 11) is 0. The Morgan fingerprint density at radius 3 is 3.44 bits per heavy atom. The molecule has 1 aliphatic heterocycles. The number of fused-ring (bicyclic) bond motifs is 1. The Kier molecular flexibility index (Phi) is 2.37. The van der Waals surface area contributed by atoms with E-state index in [1.54, 1.807) is 17.5 Å². The number of ether oxygens (including phenoxy) is 1. The van der Waals surface area contributed by atoms with Crippen LogP contribution in [0.5, 0.6) is 0 Å². The lowest BCUT2D eigenvalue weighted by molar-refractivity contribution is -0.124. The average molecular weight is 237 g/mol. The van der Waals surface area contributed by atoms with Gasteiger partial charge in [-0.25, -0.2) is 4.98 Å². The minimum Gasteiger partial charge on any atom is -0.368 e. The molecular formula is C10H11N3O2S. The number of nitrogens with zero attached hydrogens (tertiary/aromatic N) is 2. The molecule has 16 heavy (non-hydrogen) atoms. The van der Waals surface area contributed by atoms with Crippen LogP contribution in [0, 0.1) is 0 Å². The SMILES string of the molecule is O=C(Nc1ncc2sccn12)[C@@H]1CCCO1. The maximum atomic E-state index is 11.8. The molecule has 0 aromatic carbocycles. The second-order valence-corrected chi connectivity index (χ2v) is 4.61. The van der Waals surface area contributed by atoms with E-state index in [1.165, 1.54) is 0 Å². The van der Waals surface area contributed by atoms with Crippen LogP contribution in [0.2, 0.25) is 0 Å². The molecule has 1 N–H and O–H groups in total. The first-order valence-corrected chi connectivity index (χ1v) is 6.05. The third-order valence-corrected chi connectivity index (χ3v) is 3.42. The monoisotopic (exact) mass is 237 g/mol. The lowest BCUT2D eigenvalue weighted by atomic mass is 10.2. The van der Waals surface area contributed by atoms with Crippen LogP contribution in [-0.2, 0) is 9.53 Å². The molecule has 6 heteroatoms. The van der Waals surface area contributed by atoms with Crippen molar-refractivity contribution < 1.29 is 9.53 Å². The summed E-state index contributed by atoms with van der Waals surface area (Å²) in [6.07, 6.45) is 5.07. The number of hydrogen-bond donors (Lipinski definition) is 1. The van der Waals surface area contributed by atoms with Crippen LogP contribution in [0.1, 0.15) is 12.8 Å². The Bertz CT molecular complexity index is 513. The van der Waals surface area contributed by atoms with Gasteiger partial charge in [0.2, 0.25) is 5.95 Å². The fourth-order valence-corrected chi connectivity index (χ4v) is 2.50. The summed E-state index contributed by atoms with van der Waals surface area (Å²) in [5, 5.41) is 4.74. The van der Waals surface area contributed by atoms with Crippen LogP contribution >= 0.6 is 11.3 Å². The van der Waals surface area contributed by atoms with E-state index in [0.717, 1.165) is 17.7 Å². The van der Waals surface area contributed by atoms with Crippen LogP contribution in [0.4, 0.5) is 5.95 Å². The molecule has 1 amide bonds. The van der Waals surface area contributed by atoms with Crippen LogP contribution in [-0.4, -0.2) is 28.0 Å². The first-order valence-electron chi connectivity index (χ1n) is 5.17. The van der Waals surface area contributed by atoms with Crippen LogP contribution in [0.25, 0.3) is 4.83 Å². The molecule has 0 saturated carbocycles. The van der Waals surface area contributed by atoms with E-state index >= 15 is 0 Å². The van der Waals surface area contributed by atoms with Gasteiger partial charge in [0.15, 0.2) is 0 Å². The highest BCUT2D eigenvalue weighted by Gasteiger charge is 2.24. The number of aromatic nitrogens is 2. The van der Waals surface area contributed by atoms with Crippen molar-refractivity contribution in [1.82, 2.24) is 9.38 Å². The molecule has 5 nitrogen and oxygen atoms in total. The number of anilines is 1. The smallest absolute Gasteiger partial charge is 0.255 e. The van der Waals surface area contributed by atoms with Gasteiger partial charge in [-0.1, -0.05) is 0 Å². The molecule has 3 rings (SSSR count). The largest absolute Gasteiger partial charge is 0.368 e. The van der Waals surface area contributed by atoms with Gasteiger partial charge < -0.3 is 4.74 Å². The minimum atomic E-state index is -0.314. The Morgan fingerprint density at radius 1 is 1.69 bits per heavy atom. The van der Waals surface area contributed by atoms with Gasteiger partial charge in [0.05, 0.1) is 6.20 Å². The van der Waals surface area contributed by atoms with Crippen molar-refractivity contribution in [2.45, 2.75) is 18.9 Å². The van der Waals surface area contributed by atoms with Gasteiger partial charge >= 0.3 is 0 Å². The number of carbonyl (C=O) groups is 1. The highest BCUT2D eigenvalue weighted by Crippen LogP contribution is 2.18. The van der Waals surface area contributed by atoms with E-state index < -0.39 is 0 Å². The van der Waals surface area contributed by atoms with E-state index in [2.05, 4.69) is 10.3 Å². The lowest BCUT2D eigenvalue weighted by Gasteiger charge is -2.08. The first-order chi connectivity index (χ1) is 7.84. The van der Waals surface area contributed by atoms with E-state index in [-0.39, 0.29) is 12.0 Å². The number of nitrogens with one attached hydrogen (secondary N) is 1. The summed E-state index contributed by atoms with van der Waals surface area (Å²) < 4.78 is 7.17. The van der Waals surface area contributed by atoms with Gasteiger partial charge in [-0.05, 0) is 12.8 Å². The molecule has 2 aromatic heterocycles. The van der Waals surface area contributed by atoms with Crippen molar-refractivity contribution in [3.05, 3.63) is 17.8 Å². The Morgan fingerprint density at radius 2 is 2.62 bits per heavy atom. The Balaban J connectivity index is 1.79. The lowest BCUT2D eigenvalue weighted by Crippen LogP contribution is -2.27. The van der Waals surface area contributed by atoms with E-state index in [0.29, 0.717) is 12.6 Å². The number of imidazole rings is 1. The molecule has 2 aromatic rings. The van der Waals surface area contributed by atoms with Gasteiger partial charge in [0.1, 0.15) is 10.9 Å². The molecule has 3 heterocycles. The molecule has 0 aliphatic carbocycles. The molecule has 1 aliphatic rings. The molecule has 0 bridgehead atoms. The minimum absolute atomic E-state index is 0.101. The topological polar surface area (TPSA) is 55.6 Å². The maximum absolute atomic E-state index is 11.8. The third-order valence-electron chi connectivity index (χ3n) is 2.62. The first kappa shape index (κ1) is 9.80.